The number of ether oxygens (including phenoxy) is 3. The third kappa shape index (κ3) is 4.83. The van der Waals surface area contributed by atoms with Crippen LogP contribution in [-0.2, 0) is 16.0 Å². The number of carbonyl (C=O) groups is 2. The van der Waals surface area contributed by atoms with Gasteiger partial charge < -0.3 is 19.3 Å². The molecule has 162 valence electrons. The van der Waals surface area contributed by atoms with E-state index in [1.165, 1.54) is 26.2 Å². The molecule has 1 heterocycles. The molecule has 0 spiro atoms. The SMILES string of the molecule is COc1cc(/C=C2/SC(=S)N([C@@H](Cc3ccccc3)C(=O)O)C2=O)cc(OC)c1OC. The topological polar surface area (TPSA) is 85.3 Å². The van der Waals surface area contributed by atoms with Gasteiger partial charge in [0.15, 0.2) is 11.5 Å². The lowest BCUT2D eigenvalue weighted by Crippen LogP contribution is -2.45. The molecule has 1 aliphatic rings. The summed E-state index contributed by atoms with van der Waals surface area (Å²) in [5.41, 5.74) is 1.43. The van der Waals surface area contributed by atoms with E-state index in [4.69, 9.17) is 26.4 Å². The second-order valence-electron chi connectivity index (χ2n) is 6.55. The number of hydrogen-bond acceptors (Lipinski definition) is 7. The highest BCUT2D eigenvalue weighted by Gasteiger charge is 2.40. The number of thiocarbonyl (C=S) groups is 1. The summed E-state index contributed by atoms with van der Waals surface area (Å²) < 4.78 is 16.2. The van der Waals surface area contributed by atoms with Crippen molar-refractivity contribution < 1.29 is 28.9 Å². The Balaban J connectivity index is 1.93. The molecule has 0 bridgehead atoms. The average Bonchev–Trinajstić information content (AvgIpc) is 3.04. The minimum Gasteiger partial charge on any atom is -0.493 e. The number of carbonyl (C=O) groups excluding carboxylic acids is 1. The van der Waals surface area contributed by atoms with Gasteiger partial charge >= 0.3 is 5.97 Å². The molecule has 9 heteroatoms. The van der Waals surface area contributed by atoms with Crippen LogP contribution in [0.2, 0.25) is 0 Å². The lowest BCUT2D eigenvalue weighted by molar-refractivity contribution is -0.145. The molecule has 1 aliphatic heterocycles. The molecular weight excluding hydrogens is 438 g/mol. The molecule has 1 N–H and O–H groups in total. The van der Waals surface area contributed by atoms with Crippen LogP contribution in [0.1, 0.15) is 11.1 Å². The summed E-state index contributed by atoms with van der Waals surface area (Å²) in [6, 6.07) is 11.4. The number of nitrogens with zero attached hydrogens (tertiary/aromatic N) is 1. The molecule has 1 fully saturated rings. The average molecular weight is 460 g/mol. The number of thioether (sulfide) groups is 1. The molecule has 0 saturated carbocycles. The van der Waals surface area contributed by atoms with Crippen LogP contribution in [0.4, 0.5) is 0 Å². The molecule has 0 aliphatic carbocycles. The van der Waals surface area contributed by atoms with Crippen molar-refractivity contribution in [1.29, 1.82) is 0 Å². The van der Waals surface area contributed by atoms with Gasteiger partial charge in [0, 0.05) is 6.42 Å². The Bertz CT molecular complexity index is 1010. The number of rotatable bonds is 8. The molecule has 0 aromatic heterocycles. The van der Waals surface area contributed by atoms with Crippen molar-refractivity contribution in [3.63, 3.8) is 0 Å². The van der Waals surface area contributed by atoms with Crippen molar-refractivity contribution in [2.24, 2.45) is 0 Å². The quantitative estimate of drug-likeness (QED) is 0.473. The summed E-state index contributed by atoms with van der Waals surface area (Å²) in [6.07, 6.45) is 1.78. The van der Waals surface area contributed by atoms with E-state index in [2.05, 4.69) is 0 Å². The Morgan fingerprint density at radius 2 is 1.74 bits per heavy atom. The molecular formula is C22H21NO6S2. The molecule has 2 aromatic carbocycles. The molecule has 3 rings (SSSR count). The third-order valence-electron chi connectivity index (χ3n) is 4.68. The number of carboxylic acids is 1. The largest absolute Gasteiger partial charge is 0.493 e. The van der Waals surface area contributed by atoms with E-state index in [0.29, 0.717) is 27.7 Å². The smallest absolute Gasteiger partial charge is 0.327 e. The third-order valence-corrected chi connectivity index (χ3v) is 6.01. The number of amides is 1. The highest BCUT2D eigenvalue weighted by Crippen LogP contribution is 2.40. The number of benzene rings is 2. The highest BCUT2D eigenvalue weighted by molar-refractivity contribution is 8.26. The zero-order valence-corrected chi connectivity index (χ0v) is 18.8. The lowest BCUT2D eigenvalue weighted by atomic mass is 10.0. The summed E-state index contributed by atoms with van der Waals surface area (Å²) >= 11 is 6.42. The minimum absolute atomic E-state index is 0.153. The van der Waals surface area contributed by atoms with Crippen molar-refractivity contribution in [2.75, 3.05) is 21.3 Å². The molecule has 7 nitrogen and oxygen atoms in total. The van der Waals surface area contributed by atoms with E-state index in [1.807, 2.05) is 30.3 Å². The Hall–Kier alpha value is -3.04. The minimum atomic E-state index is -1.12. The summed E-state index contributed by atoms with van der Waals surface area (Å²) in [5, 5.41) is 9.77. The van der Waals surface area contributed by atoms with Crippen molar-refractivity contribution in [2.45, 2.75) is 12.5 Å². The summed E-state index contributed by atoms with van der Waals surface area (Å²) in [7, 11) is 4.51. The lowest BCUT2D eigenvalue weighted by Gasteiger charge is -2.23. The Morgan fingerprint density at radius 1 is 1.13 bits per heavy atom. The Labute approximate surface area is 189 Å². The van der Waals surface area contributed by atoms with E-state index in [-0.39, 0.29) is 10.7 Å². The van der Waals surface area contributed by atoms with Crippen molar-refractivity contribution in [1.82, 2.24) is 4.90 Å². The Morgan fingerprint density at radius 3 is 2.26 bits per heavy atom. The zero-order chi connectivity index (χ0) is 22.5. The number of aliphatic carboxylic acids is 1. The summed E-state index contributed by atoms with van der Waals surface area (Å²) in [4.78, 5) is 26.5. The van der Waals surface area contributed by atoms with E-state index in [1.54, 1.807) is 18.2 Å². The monoisotopic (exact) mass is 459 g/mol. The molecule has 1 atom stereocenters. The molecule has 31 heavy (non-hydrogen) atoms. The van der Waals surface area contributed by atoms with Gasteiger partial charge in [-0.1, -0.05) is 54.3 Å². The van der Waals surface area contributed by atoms with E-state index in [0.717, 1.165) is 17.3 Å². The van der Waals surface area contributed by atoms with Crippen molar-refractivity contribution >= 4 is 46.3 Å². The van der Waals surface area contributed by atoms with E-state index < -0.39 is 17.9 Å². The fourth-order valence-corrected chi connectivity index (χ4v) is 4.57. The van der Waals surface area contributed by atoms with Gasteiger partial charge in [0.1, 0.15) is 10.4 Å². The standard InChI is InChI=1S/C22H21NO6S2/c1-27-16-10-14(11-17(28-2)19(16)29-3)12-18-20(24)23(22(30)31-18)15(21(25)26)9-13-7-5-4-6-8-13/h4-8,10-12,15H,9H2,1-3H3,(H,25,26)/b18-12+/t15-/m0/s1. The van der Waals surface area contributed by atoms with Gasteiger partial charge in [0.25, 0.3) is 5.91 Å². The van der Waals surface area contributed by atoms with Crippen LogP contribution in [0.25, 0.3) is 6.08 Å². The van der Waals surface area contributed by atoms with Crippen LogP contribution in [0.5, 0.6) is 17.2 Å². The van der Waals surface area contributed by atoms with Crippen LogP contribution in [0.15, 0.2) is 47.4 Å². The zero-order valence-electron chi connectivity index (χ0n) is 17.2. The maximum Gasteiger partial charge on any atom is 0.327 e. The maximum atomic E-state index is 13.1. The van der Waals surface area contributed by atoms with Gasteiger partial charge in [-0.3, -0.25) is 9.69 Å². The first-order valence-electron chi connectivity index (χ1n) is 9.23. The molecule has 0 unspecified atom stereocenters. The van der Waals surface area contributed by atoms with Crippen molar-refractivity contribution in [3.8, 4) is 17.2 Å². The van der Waals surface area contributed by atoms with E-state index >= 15 is 0 Å². The number of methoxy groups -OCH3 is 3. The number of hydrogen-bond donors (Lipinski definition) is 1. The number of carboxylic acid groups (broad SMARTS) is 1. The molecule has 0 radical (unpaired) electrons. The summed E-state index contributed by atoms with van der Waals surface area (Å²) in [5.74, 6) is -0.253. The Kier molecular flexibility index (Phi) is 7.19. The van der Waals surface area contributed by atoms with Gasteiger partial charge in [0.2, 0.25) is 5.75 Å². The fraction of sp³-hybridized carbons (Fsp3) is 0.227. The van der Waals surface area contributed by atoms with Gasteiger partial charge in [-0.2, -0.15) is 0 Å². The second kappa shape index (κ2) is 9.84. The molecule has 1 amide bonds. The van der Waals surface area contributed by atoms with Crippen LogP contribution in [0, 0.1) is 0 Å². The maximum absolute atomic E-state index is 13.1. The van der Waals surface area contributed by atoms with E-state index in [9.17, 15) is 14.7 Å². The first kappa shape index (κ1) is 22.6. The van der Waals surface area contributed by atoms with Crippen LogP contribution in [-0.4, -0.2) is 53.6 Å². The predicted octanol–water partition coefficient (Wildman–Crippen LogP) is 3.61. The van der Waals surface area contributed by atoms with Crippen LogP contribution in [0.3, 0.4) is 0 Å². The predicted molar refractivity (Wildman–Crippen MR) is 123 cm³/mol. The summed E-state index contributed by atoms with van der Waals surface area (Å²) in [6.45, 7) is 0. The van der Waals surface area contributed by atoms with Gasteiger partial charge in [0.05, 0.1) is 26.2 Å². The van der Waals surface area contributed by atoms with Crippen molar-refractivity contribution in [3.05, 3.63) is 58.5 Å². The molecule has 1 saturated heterocycles. The van der Waals surface area contributed by atoms with Crippen LogP contribution < -0.4 is 14.2 Å². The van der Waals surface area contributed by atoms with Gasteiger partial charge in [-0.05, 0) is 29.3 Å². The fourth-order valence-electron chi connectivity index (χ4n) is 3.21. The second-order valence-corrected chi connectivity index (χ2v) is 8.23. The molecule has 2 aromatic rings. The first-order chi connectivity index (χ1) is 14.9. The normalized spacial score (nSPS) is 15.8. The van der Waals surface area contributed by atoms with Gasteiger partial charge in [-0.15, -0.1) is 0 Å². The van der Waals surface area contributed by atoms with Gasteiger partial charge in [-0.25, -0.2) is 4.79 Å². The highest BCUT2D eigenvalue weighted by atomic mass is 32.2. The first-order valence-corrected chi connectivity index (χ1v) is 10.5. The van der Waals surface area contributed by atoms with Crippen LogP contribution >= 0.6 is 24.0 Å².